The molecule has 178 valence electrons. The van der Waals surface area contributed by atoms with E-state index in [1.165, 1.54) is 29.4 Å². The third-order valence-corrected chi connectivity index (χ3v) is 7.50. The second kappa shape index (κ2) is 9.46. The Bertz CT molecular complexity index is 1250. The molecule has 0 unspecified atom stereocenters. The first-order chi connectivity index (χ1) is 16.5. The summed E-state index contributed by atoms with van der Waals surface area (Å²) in [6.45, 7) is 1.27. The minimum atomic E-state index is -0.357. The minimum absolute atomic E-state index is 0.115. The summed E-state index contributed by atoms with van der Waals surface area (Å²) in [5, 5.41) is 3.35. The zero-order valence-corrected chi connectivity index (χ0v) is 19.8. The molecule has 9 nitrogen and oxygen atoms in total. The number of carbonyl (C=O) groups excluding carboxylic acids is 2. The molecule has 1 aliphatic heterocycles. The summed E-state index contributed by atoms with van der Waals surface area (Å²) in [5.74, 6) is 0.371. The fourth-order valence-electron chi connectivity index (χ4n) is 4.61. The van der Waals surface area contributed by atoms with E-state index >= 15 is 0 Å². The van der Waals surface area contributed by atoms with E-state index in [9.17, 15) is 14.4 Å². The number of pyridine rings is 1. The van der Waals surface area contributed by atoms with E-state index < -0.39 is 0 Å². The molecule has 0 radical (unpaired) electrons. The number of fused-ring (bicyclic) bond motifs is 2. The van der Waals surface area contributed by atoms with E-state index in [-0.39, 0.29) is 29.7 Å². The summed E-state index contributed by atoms with van der Waals surface area (Å²) < 4.78 is 12.3. The molecule has 2 aliphatic rings. The Labute approximate surface area is 200 Å². The van der Waals surface area contributed by atoms with Crippen molar-refractivity contribution in [3.8, 4) is 5.75 Å². The van der Waals surface area contributed by atoms with E-state index in [0.29, 0.717) is 48.1 Å². The van der Waals surface area contributed by atoms with Crippen molar-refractivity contribution < 1.29 is 18.7 Å². The second-order valence-corrected chi connectivity index (χ2v) is 9.51. The van der Waals surface area contributed by atoms with Gasteiger partial charge in [0.2, 0.25) is 0 Å². The molecule has 1 N–H and O–H groups in total. The number of amides is 2. The summed E-state index contributed by atoms with van der Waals surface area (Å²) in [5.41, 5.74) is 1.67. The molecule has 0 aromatic carbocycles. The van der Waals surface area contributed by atoms with Crippen molar-refractivity contribution in [3.63, 3.8) is 0 Å². The van der Waals surface area contributed by atoms with E-state index in [4.69, 9.17) is 9.15 Å². The zero-order valence-electron chi connectivity index (χ0n) is 19.0. The lowest BCUT2D eigenvalue weighted by Gasteiger charge is -2.18. The van der Waals surface area contributed by atoms with Gasteiger partial charge in [-0.25, -0.2) is 4.98 Å². The first-order valence-corrected chi connectivity index (χ1v) is 12.3. The molecule has 1 aliphatic carbocycles. The molecule has 0 saturated carbocycles. The number of methoxy groups -OCH3 is 1. The van der Waals surface area contributed by atoms with Gasteiger partial charge in [0.1, 0.15) is 17.1 Å². The third kappa shape index (κ3) is 4.25. The van der Waals surface area contributed by atoms with Gasteiger partial charge < -0.3 is 23.9 Å². The number of ether oxygens (including phenoxy) is 1. The predicted molar refractivity (Wildman–Crippen MR) is 125 cm³/mol. The molecular weight excluding hydrogens is 456 g/mol. The number of thiazole rings is 1. The number of carbonyl (C=O) groups is 2. The van der Waals surface area contributed by atoms with Crippen LogP contribution in [0, 0.1) is 0 Å². The molecule has 3 aromatic heterocycles. The molecule has 0 fully saturated rings. The number of hydrogen-bond donors (Lipinski definition) is 1. The maximum absolute atomic E-state index is 13.3. The van der Waals surface area contributed by atoms with Crippen molar-refractivity contribution in [2.45, 2.75) is 45.2 Å². The molecular formula is C24H26N4O5S. The van der Waals surface area contributed by atoms with Crippen LogP contribution in [0.2, 0.25) is 0 Å². The number of aryl methyl sites for hydroxylation is 2. The first kappa shape index (κ1) is 22.4. The number of aromatic nitrogens is 2. The number of nitrogens with zero attached hydrogens (tertiary/aromatic N) is 3. The van der Waals surface area contributed by atoms with Gasteiger partial charge in [-0.2, -0.15) is 0 Å². The van der Waals surface area contributed by atoms with Crippen LogP contribution < -0.4 is 15.6 Å². The molecule has 0 spiro atoms. The summed E-state index contributed by atoms with van der Waals surface area (Å²) in [7, 11) is 1.44. The van der Waals surface area contributed by atoms with Crippen LogP contribution in [0.3, 0.4) is 0 Å². The Hall–Kier alpha value is -3.40. The molecule has 0 saturated heterocycles. The average molecular weight is 483 g/mol. The molecule has 10 heteroatoms. The molecule has 0 atom stereocenters. The standard InChI is InChI=1S/C24H26N4O5S/c1-32-18-13-20(29)28-11-10-27(24(31)23-26-16-6-2-3-7-19(16)34-23)9-8-17(28)21(18)22(30)25-14-15-5-4-12-33-15/h4-5,12-13H,2-3,6-11,14H2,1H3,(H,25,30). The van der Waals surface area contributed by atoms with Crippen molar-refractivity contribution in [1.82, 2.24) is 19.8 Å². The van der Waals surface area contributed by atoms with Crippen molar-refractivity contribution in [1.29, 1.82) is 0 Å². The largest absolute Gasteiger partial charge is 0.496 e. The van der Waals surface area contributed by atoms with Gasteiger partial charge in [-0.15, -0.1) is 11.3 Å². The lowest BCUT2D eigenvalue weighted by Crippen LogP contribution is -2.34. The van der Waals surface area contributed by atoms with Gasteiger partial charge >= 0.3 is 0 Å². The highest BCUT2D eigenvalue weighted by atomic mass is 32.1. The molecule has 4 heterocycles. The Morgan fingerprint density at radius 3 is 2.82 bits per heavy atom. The molecule has 34 heavy (non-hydrogen) atoms. The highest BCUT2D eigenvalue weighted by molar-refractivity contribution is 7.13. The number of furan rings is 1. The maximum atomic E-state index is 13.3. The predicted octanol–water partition coefficient (Wildman–Crippen LogP) is 2.41. The SMILES string of the molecule is COc1cc(=O)n2c(c1C(=O)NCc1ccco1)CCN(C(=O)c1nc3c(s1)CCCC3)CC2. The van der Waals surface area contributed by atoms with Crippen LogP contribution in [0.25, 0.3) is 0 Å². The summed E-state index contributed by atoms with van der Waals surface area (Å²) >= 11 is 1.49. The summed E-state index contributed by atoms with van der Waals surface area (Å²) in [4.78, 5) is 46.8. The Kier molecular flexibility index (Phi) is 6.23. The highest BCUT2D eigenvalue weighted by Gasteiger charge is 2.29. The summed E-state index contributed by atoms with van der Waals surface area (Å²) in [6, 6.07) is 4.85. The van der Waals surface area contributed by atoms with Crippen molar-refractivity contribution in [3.05, 3.63) is 67.4 Å². The second-order valence-electron chi connectivity index (χ2n) is 8.42. The van der Waals surface area contributed by atoms with Crippen molar-refractivity contribution >= 4 is 23.2 Å². The Morgan fingerprint density at radius 1 is 1.21 bits per heavy atom. The normalized spacial score (nSPS) is 15.3. The van der Waals surface area contributed by atoms with E-state index in [1.54, 1.807) is 27.9 Å². The van der Waals surface area contributed by atoms with Crippen LogP contribution in [0.4, 0.5) is 0 Å². The quantitative estimate of drug-likeness (QED) is 0.599. The van der Waals surface area contributed by atoms with Crippen LogP contribution >= 0.6 is 11.3 Å². The molecule has 5 rings (SSSR count). The van der Waals surface area contributed by atoms with Crippen molar-refractivity contribution in [2.24, 2.45) is 0 Å². The number of nitrogens with one attached hydrogen (secondary N) is 1. The van der Waals surface area contributed by atoms with E-state index in [1.807, 2.05) is 0 Å². The number of rotatable bonds is 5. The third-order valence-electron chi connectivity index (χ3n) is 6.36. The van der Waals surface area contributed by atoms with Gasteiger partial charge in [0.15, 0.2) is 5.01 Å². The molecule has 3 aromatic rings. The van der Waals surface area contributed by atoms with Crippen LogP contribution in [0.5, 0.6) is 5.75 Å². The van der Waals surface area contributed by atoms with Crippen LogP contribution in [-0.4, -0.2) is 46.5 Å². The topological polar surface area (TPSA) is 107 Å². The van der Waals surface area contributed by atoms with Gasteiger partial charge in [-0.05, 0) is 37.8 Å². The van der Waals surface area contributed by atoms with Gasteiger partial charge in [0.25, 0.3) is 17.4 Å². The lowest BCUT2D eigenvalue weighted by atomic mass is 10.0. The Balaban J connectivity index is 1.39. The fourth-order valence-corrected chi connectivity index (χ4v) is 5.72. The minimum Gasteiger partial charge on any atom is -0.496 e. The average Bonchev–Trinajstić information content (AvgIpc) is 3.47. The van der Waals surface area contributed by atoms with Crippen LogP contribution in [0.15, 0.2) is 33.7 Å². The van der Waals surface area contributed by atoms with Gasteiger partial charge in [0, 0.05) is 42.7 Å². The first-order valence-electron chi connectivity index (χ1n) is 11.4. The maximum Gasteiger partial charge on any atom is 0.282 e. The monoisotopic (exact) mass is 482 g/mol. The van der Waals surface area contributed by atoms with Gasteiger partial charge in [-0.3, -0.25) is 14.4 Å². The van der Waals surface area contributed by atoms with Crippen molar-refractivity contribution in [2.75, 3.05) is 20.2 Å². The fraction of sp³-hybridized carbons (Fsp3) is 0.417. The van der Waals surface area contributed by atoms with Gasteiger partial charge in [0.05, 0.1) is 25.6 Å². The smallest absolute Gasteiger partial charge is 0.282 e. The Morgan fingerprint density at radius 2 is 2.06 bits per heavy atom. The number of hydrogen-bond acceptors (Lipinski definition) is 7. The highest BCUT2D eigenvalue weighted by Crippen LogP contribution is 2.28. The van der Waals surface area contributed by atoms with Crippen LogP contribution in [-0.2, 0) is 32.4 Å². The zero-order chi connectivity index (χ0) is 23.7. The van der Waals surface area contributed by atoms with Crippen LogP contribution in [0.1, 0.15) is 55.0 Å². The molecule has 2 amide bonds. The van der Waals surface area contributed by atoms with E-state index in [0.717, 1.165) is 31.4 Å². The summed E-state index contributed by atoms with van der Waals surface area (Å²) in [6.07, 6.45) is 6.05. The lowest BCUT2D eigenvalue weighted by molar-refractivity contribution is 0.0758. The van der Waals surface area contributed by atoms with Gasteiger partial charge in [-0.1, -0.05) is 0 Å². The van der Waals surface area contributed by atoms with E-state index in [2.05, 4.69) is 10.3 Å². The molecule has 0 bridgehead atoms.